The molecule has 0 saturated carbocycles. The van der Waals surface area contributed by atoms with Crippen LogP contribution in [0, 0.1) is 12.7 Å². The molecule has 4 heteroatoms. The number of halogens is 3. The van der Waals surface area contributed by atoms with Crippen LogP contribution >= 0.6 is 23.2 Å². The summed E-state index contributed by atoms with van der Waals surface area (Å²) in [6.45, 7) is 1.88. The summed E-state index contributed by atoms with van der Waals surface area (Å²) < 4.78 is 18.9. The molecule has 0 N–H and O–H groups in total. The Balaban J connectivity index is 2.27. The first-order chi connectivity index (χ1) is 8.58. The van der Waals surface area contributed by atoms with Gasteiger partial charge in [0, 0.05) is 17.0 Å². The molecule has 0 aliphatic carbocycles. The summed E-state index contributed by atoms with van der Waals surface area (Å²) in [6, 6.07) is 9.69. The molecule has 0 heterocycles. The monoisotopic (exact) mass is 284 g/mol. The Kier molecular flexibility index (Phi) is 4.10. The zero-order valence-electron chi connectivity index (χ0n) is 9.71. The Bertz CT molecular complexity index is 570. The highest BCUT2D eigenvalue weighted by molar-refractivity contribution is 6.31. The molecule has 0 radical (unpaired) electrons. The Labute approximate surface area is 115 Å². The van der Waals surface area contributed by atoms with Gasteiger partial charge in [-0.1, -0.05) is 11.6 Å². The van der Waals surface area contributed by atoms with Crippen molar-refractivity contribution < 1.29 is 9.13 Å². The van der Waals surface area contributed by atoms with Gasteiger partial charge in [-0.05, 0) is 48.4 Å². The Morgan fingerprint density at radius 3 is 2.56 bits per heavy atom. The summed E-state index contributed by atoms with van der Waals surface area (Å²) in [5.41, 5.74) is 1.58. The molecule has 94 valence electrons. The van der Waals surface area contributed by atoms with Gasteiger partial charge in [-0.25, -0.2) is 4.39 Å². The van der Waals surface area contributed by atoms with Gasteiger partial charge in [0.15, 0.2) is 0 Å². The molecule has 18 heavy (non-hydrogen) atoms. The second-order valence-corrected chi connectivity index (χ2v) is 4.62. The molecular formula is C14H11Cl2FO. The van der Waals surface area contributed by atoms with Crippen LogP contribution in [0.15, 0.2) is 36.4 Å². The van der Waals surface area contributed by atoms with Crippen molar-refractivity contribution in [2.45, 2.75) is 12.8 Å². The SMILES string of the molecule is Cc1cc(Oc2cc(F)cc(CCl)c2)ccc1Cl. The first-order valence-corrected chi connectivity index (χ1v) is 6.29. The average Bonchev–Trinajstić information content (AvgIpc) is 2.33. The summed E-state index contributed by atoms with van der Waals surface area (Å²) in [5.74, 6) is 0.914. The van der Waals surface area contributed by atoms with Gasteiger partial charge in [0.05, 0.1) is 0 Å². The molecule has 0 spiro atoms. The quantitative estimate of drug-likeness (QED) is 0.693. The van der Waals surface area contributed by atoms with Crippen molar-refractivity contribution in [3.05, 3.63) is 58.4 Å². The van der Waals surface area contributed by atoms with E-state index in [9.17, 15) is 4.39 Å². The van der Waals surface area contributed by atoms with Gasteiger partial charge in [-0.15, -0.1) is 11.6 Å². The van der Waals surface area contributed by atoms with Gasteiger partial charge in [0.2, 0.25) is 0 Å². The maximum atomic E-state index is 13.3. The van der Waals surface area contributed by atoms with Crippen molar-refractivity contribution in [1.82, 2.24) is 0 Å². The van der Waals surface area contributed by atoms with Crippen LogP contribution in [-0.2, 0) is 5.88 Å². The average molecular weight is 285 g/mol. The zero-order chi connectivity index (χ0) is 13.1. The van der Waals surface area contributed by atoms with E-state index in [1.807, 2.05) is 6.92 Å². The number of hydrogen-bond acceptors (Lipinski definition) is 1. The molecular weight excluding hydrogens is 274 g/mol. The minimum atomic E-state index is -0.367. The molecule has 0 aliphatic heterocycles. The van der Waals surface area contributed by atoms with E-state index >= 15 is 0 Å². The molecule has 1 nitrogen and oxygen atoms in total. The lowest BCUT2D eigenvalue weighted by molar-refractivity contribution is 0.475. The Morgan fingerprint density at radius 2 is 1.89 bits per heavy atom. The van der Waals surface area contributed by atoms with E-state index in [0.29, 0.717) is 22.1 Å². The van der Waals surface area contributed by atoms with Crippen LogP contribution in [0.3, 0.4) is 0 Å². The molecule has 0 bridgehead atoms. The van der Waals surface area contributed by atoms with Crippen molar-refractivity contribution in [3.63, 3.8) is 0 Å². The fourth-order valence-electron chi connectivity index (χ4n) is 1.57. The second-order valence-electron chi connectivity index (χ2n) is 3.94. The highest BCUT2D eigenvalue weighted by atomic mass is 35.5. The van der Waals surface area contributed by atoms with Crippen LogP contribution in [0.4, 0.5) is 4.39 Å². The fraction of sp³-hybridized carbons (Fsp3) is 0.143. The molecule has 0 atom stereocenters. The van der Waals surface area contributed by atoms with Crippen LogP contribution < -0.4 is 4.74 Å². The van der Waals surface area contributed by atoms with Gasteiger partial charge in [-0.2, -0.15) is 0 Å². The van der Waals surface area contributed by atoms with E-state index in [4.69, 9.17) is 27.9 Å². The van der Waals surface area contributed by atoms with Crippen molar-refractivity contribution in [2.24, 2.45) is 0 Å². The standard InChI is InChI=1S/C14H11Cl2FO/c1-9-4-12(2-3-14(9)16)18-13-6-10(8-15)5-11(17)7-13/h2-7H,8H2,1H3. The van der Waals surface area contributed by atoms with Gasteiger partial charge in [0.25, 0.3) is 0 Å². The third-order valence-electron chi connectivity index (χ3n) is 2.45. The highest BCUT2D eigenvalue weighted by Gasteiger charge is 2.04. The fourth-order valence-corrected chi connectivity index (χ4v) is 1.85. The summed E-state index contributed by atoms with van der Waals surface area (Å²) >= 11 is 11.6. The molecule has 0 fully saturated rings. The predicted octanol–water partition coefficient (Wildman–Crippen LogP) is 5.32. The number of hydrogen-bond donors (Lipinski definition) is 0. The Morgan fingerprint density at radius 1 is 1.11 bits per heavy atom. The van der Waals surface area contributed by atoms with E-state index in [1.54, 1.807) is 24.3 Å². The normalized spacial score (nSPS) is 10.4. The molecule has 0 unspecified atom stereocenters. The number of rotatable bonds is 3. The Hall–Kier alpha value is -1.25. The van der Waals surface area contributed by atoms with E-state index in [0.717, 1.165) is 5.56 Å². The van der Waals surface area contributed by atoms with Crippen molar-refractivity contribution >= 4 is 23.2 Å². The van der Waals surface area contributed by atoms with E-state index in [2.05, 4.69) is 0 Å². The predicted molar refractivity (Wildman–Crippen MR) is 72.2 cm³/mol. The molecule has 0 amide bonds. The van der Waals surface area contributed by atoms with Gasteiger partial charge < -0.3 is 4.74 Å². The summed E-state index contributed by atoms with van der Waals surface area (Å²) in [7, 11) is 0. The van der Waals surface area contributed by atoms with Crippen molar-refractivity contribution in [2.75, 3.05) is 0 Å². The van der Waals surface area contributed by atoms with Crippen LogP contribution in [0.1, 0.15) is 11.1 Å². The first kappa shape index (κ1) is 13.2. The maximum absolute atomic E-state index is 13.3. The second kappa shape index (κ2) is 5.59. The minimum Gasteiger partial charge on any atom is -0.457 e. The van der Waals surface area contributed by atoms with Crippen LogP contribution in [0.25, 0.3) is 0 Å². The van der Waals surface area contributed by atoms with Crippen LogP contribution in [-0.4, -0.2) is 0 Å². The smallest absolute Gasteiger partial charge is 0.130 e. The van der Waals surface area contributed by atoms with Crippen molar-refractivity contribution in [3.8, 4) is 11.5 Å². The van der Waals surface area contributed by atoms with Crippen LogP contribution in [0.5, 0.6) is 11.5 Å². The topological polar surface area (TPSA) is 9.23 Å². The zero-order valence-corrected chi connectivity index (χ0v) is 11.2. The summed E-state index contributed by atoms with van der Waals surface area (Å²) in [5, 5.41) is 0.669. The highest BCUT2D eigenvalue weighted by Crippen LogP contribution is 2.27. The number of ether oxygens (including phenoxy) is 1. The first-order valence-electron chi connectivity index (χ1n) is 5.38. The lowest BCUT2D eigenvalue weighted by atomic mass is 10.2. The number of aryl methyl sites for hydroxylation is 1. The molecule has 0 aromatic heterocycles. The van der Waals surface area contributed by atoms with Gasteiger partial charge in [-0.3, -0.25) is 0 Å². The molecule has 0 saturated heterocycles. The van der Waals surface area contributed by atoms with Crippen molar-refractivity contribution in [1.29, 1.82) is 0 Å². The van der Waals surface area contributed by atoms with E-state index in [1.165, 1.54) is 12.1 Å². The lowest BCUT2D eigenvalue weighted by Gasteiger charge is -2.08. The lowest BCUT2D eigenvalue weighted by Crippen LogP contribution is -1.89. The maximum Gasteiger partial charge on any atom is 0.130 e. The molecule has 2 rings (SSSR count). The number of alkyl halides is 1. The van der Waals surface area contributed by atoms with E-state index in [-0.39, 0.29) is 11.7 Å². The van der Waals surface area contributed by atoms with E-state index < -0.39 is 0 Å². The minimum absolute atomic E-state index is 0.244. The summed E-state index contributed by atoms with van der Waals surface area (Å²) in [6.07, 6.45) is 0. The third-order valence-corrected chi connectivity index (χ3v) is 3.18. The molecule has 2 aromatic rings. The molecule has 0 aliphatic rings. The largest absolute Gasteiger partial charge is 0.457 e. The number of benzene rings is 2. The summed E-state index contributed by atoms with van der Waals surface area (Å²) in [4.78, 5) is 0. The molecule has 2 aromatic carbocycles. The third kappa shape index (κ3) is 3.15. The van der Waals surface area contributed by atoms with Gasteiger partial charge >= 0.3 is 0 Å². The van der Waals surface area contributed by atoms with Gasteiger partial charge in [0.1, 0.15) is 17.3 Å². The van der Waals surface area contributed by atoms with Crippen LogP contribution in [0.2, 0.25) is 5.02 Å².